The van der Waals surface area contributed by atoms with Crippen LogP contribution in [0.4, 0.5) is 5.88 Å². The molecule has 0 aromatic carbocycles. The first-order chi connectivity index (χ1) is 5.27. The second-order valence-electron chi connectivity index (χ2n) is 1.87. The summed E-state index contributed by atoms with van der Waals surface area (Å²) < 4.78 is 9.58. The second-order valence-corrected chi connectivity index (χ2v) is 1.87. The lowest BCUT2D eigenvalue weighted by atomic mass is 10.5. The highest BCUT2D eigenvalue weighted by molar-refractivity contribution is 5.40. The summed E-state index contributed by atoms with van der Waals surface area (Å²) in [7, 11) is 1.51. The third-order valence-corrected chi connectivity index (χ3v) is 1.07. The van der Waals surface area contributed by atoms with Crippen molar-refractivity contribution in [1.82, 2.24) is 4.98 Å². The van der Waals surface area contributed by atoms with E-state index >= 15 is 0 Å². The molecule has 1 aromatic rings. The first-order valence-corrected chi connectivity index (χ1v) is 2.92. The van der Waals surface area contributed by atoms with E-state index in [9.17, 15) is 0 Å². The van der Waals surface area contributed by atoms with Crippen LogP contribution >= 0.6 is 0 Å². The molecule has 0 aliphatic rings. The number of methoxy groups -OCH3 is 1. The zero-order valence-corrected chi connectivity index (χ0v) is 6.00. The predicted octanol–water partition coefficient (Wildman–Crippen LogP) is 0.275. The number of rotatable bonds is 2. The zero-order chi connectivity index (χ0) is 8.27. The van der Waals surface area contributed by atoms with Crippen molar-refractivity contribution in [1.29, 1.82) is 5.26 Å². The Kier molecular flexibility index (Phi) is 2.09. The van der Waals surface area contributed by atoms with Crippen LogP contribution in [0.3, 0.4) is 0 Å². The van der Waals surface area contributed by atoms with Gasteiger partial charge in [-0.3, -0.25) is 0 Å². The third kappa shape index (κ3) is 1.48. The highest BCUT2D eigenvalue weighted by Gasteiger charge is 2.08. The average molecular weight is 153 g/mol. The number of aromatic nitrogens is 1. The van der Waals surface area contributed by atoms with Gasteiger partial charge in [0.25, 0.3) is 0 Å². The van der Waals surface area contributed by atoms with Crippen LogP contribution < -0.4 is 5.73 Å². The van der Waals surface area contributed by atoms with E-state index in [1.165, 1.54) is 7.11 Å². The maximum absolute atomic E-state index is 8.41. The minimum absolute atomic E-state index is 0.0413. The first kappa shape index (κ1) is 7.57. The highest BCUT2D eigenvalue weighted by Crippen LogP contribution is 2.11. The van der Waals surface area contributed by atoms with Crippen LogP contribution in [-0.2, 0) is 11.3 Å². The quantitative estimate of drug-likeness (QED) is 0.659. The topological polar surface area (TPSA) is 85.1 Å². The van der Waals surface area contributed by atoms with E-state index in [1.807, 2.05) is 0 Å². The summed E-state index contributed by atoms with van der Waals surface area (Å²) in [5, 5.41) is 8.41. The van der Waals surface area contributed by atoms with Crippen LogP contribution in [0.15, 0.2) is 4.42 Å². The molecule has 58 valence electrons. The number of nitrogens with two attached hydrogens (primary N) is 1. The molecule has 1 heterocycles. The molecule has 1 rings (SSSR count). The van der Waals surface area contributed by atoms with Crippen molar-refractivity contribution in [3.63, 3.8) is 0 Å². The third-order valence-electron chi connectivity index (χ3n) is 1.07. The van der Waals surface area contributed by atoms with Crippen LogP contribution in [0.2, 0.25) is 0 Å². The fourth-order valence-electron chi connectivity index (χ4n) is 0.643. The molecule has 0 spiro atoms. The van der Waals surface area contributed by atoms with Gasteiger partial charge in [-0.1, -0.05) is 0 Å². The Morgan fingerprint density at radius 3 is 3.00 bits per heavy atom. The molecule has 0 amide bonds. The molecule has 2 N–H and O–H groups in total. The molecule has 1 aromatic heterocycles. The average Bonchev–Trinajstić information content (AvgIpc) is 2.32. The van der Waals surface area contributed by atoms with E-state index in [1.54, 1.807) is 6.07 Å². The van der Waals surface area contributed by atoms with Crippen molar-refractivity contribution in [3.8, 4) is 6.07 Å². The lowest BCUT2D eigenvalue weighted by molar-refractivity contribution is 0.160. The Morgan fingerprint density at radius 2 is 2.55 bits per heavy atom. The maximum Gasteiger partial charge on any atom is 0.229 e. The van der Waals surface area contributed by atoms with Gasteiger partial charge < -0.3 is 14.9 Å². The van der Waals surface area contributed by atoms with Gasteiger partial charge in [-0.25, -0.2) is 0 Å². The second kappa shape index (κ2) is 3.03. The van der Waals surface area contributed by atoms with Gasteiger partial charge in [-0.05, 0) is 0 Å². The molecule has 0 atom stereocenters. The van der Waals surface area contributed by atoms with Crippen LogP contribution in [0.1, 0.15) is 11.6 Å². The van der Waals surface area contributed by atoms with E-state index < -0.39 is 0 Å². The van der Waals surface area contributed by atoms with E-state index in [4.69, 9.17) is 20.1 Å². The summed E-state index contributed by atoms with van der Waals surface area (Å²) >= 11 is 0. The van der Waals surface area contributed by atoms with Crippen LogP contribution in [0.5, 0.6) is 0 Å². The summed E-state index contributed by atoms with van der Waals surface area (Å²) in [6, 6.07) is 1.79. The fourth-order valence-corrected chi connectivity index (χ4v) is 0.643. The van der Waals surface area contributed by atoms with Gasteiger partial charge in [-0.2, -0.15) is 10.2 Å². The zero-order valence-electron chi connectivity index (χ0n) is 6.00. The monoisotopic (exact) mass is 153 g/mol. The predicted molar refractivity (Wildman–Crippen MR) is 36.3 cm³/mol. The smallest absolute Gasteiger partial charge is 0.229 e. The number of hydrogen-bond acceptors (Lipinski definition) is 5. The van der Waals surface area contributed by atoms with Crippen molar-refractivity contribution < 1.29 is 9.15 Å². The molecule has 0 saturated heterocycles. The van der Waals surface area contributed by atoms with Crippen molar-refractivity contribution in [2.75, 3.05) is 12.8 Å². The Balaban J connectivity index is 2.89. The van der Waals surface area contributed by atoms with Crippen LogP contribution in [0, 0.1) is 11.3 Å². The van der Waals surface area contributed by atoms with Gasteiger partial charge in [0.2, 0.25) is 17.5 Å². The molecule has 0 unspecified atom stereocenters. The Bertz CT molecular complexity index is 287. The summed E-state index contributed by atoms with van der Waals surface area (Å²) in [5.74, 6) is 0.362. The van der Waals surface area contributed by atoms with E-state index in [-0.39, 0.29) is 18.2 Å². The Morgan fingerprint density at radius 1 is 1.82 bits per heavy atom. The summed E-state index contributed by atoms with van der Waals surface area (Å²) in [4.78, 5) is 3.74. The van der Waals surface area contributed by atoms with Crippen LogP contribution in [-0.4, -0.2) is 12.1 Å². The number of hydrogen-bond donors (Lipinski definition) is 1. The number of nitrogen functional groups attached to an aromatic ring is 1. The molecule has 0 fully saturated rings. The van der Waals surface area contributed by atoms with E-state index in [2.05, 4.69) is 4.98 Å². The van der Waals surface area contributed by atoms with Crippen molar-refractivity contribution in [3.05, 3.63) is 11.6 Å². The Hall–Kier alpha value is -1.54. The lowest BCUT2D eigenvalue weighted by Crippen LogP contribution is -1.86. The number of nitrogens with zero attached hydrogens (tertiary/aromatic N) is 2. The molecule has 5 heteroatoms. The highest BCUT2D eigenvalue weighted by atomic mass is 16.5. The molecular formula is C6H7N3O2. The number of anilines is 1. The summed E-state index contributed by atoms with van der Waals surface area (Å²) in [5.41, 5.74) is 5.38. The molecule has 0 saturated carbocycles. The van der Waals surface area contributed by atoms with E-state index in [0.29, 0.717) is 5.89 Å². The van der Waals surface area contributed by atoms with Gasteiger partial charge in [-0.15, -0.1) is 0 Å². The molecule has 0 bridgehead atoms. The number of ether oxygens (including phenoxy) is 1. The minimum Gasteiger partial charge on any atom is -0.422 e. The molecule has 0 radical (unpaired) electrons. The first-order valence-electron chi connectivity index (χ1n) is 2.92. The normalized spacial score (nSPS) is 9.45. The SMILES string of the molecule is COCc1nc(C#N)c(N)o1. The van der Waals surface area contributed by atoms with Crippen molar-refractivity contribution >= 4 is 5.88 Å². The molecule has 11 heavy (non-hydrogen) atoms. The van der Waals surface area contributed by atoms with Crippen molar-refractivity contribution in [2.45, 2.75) is 6.61 Å². The van der Waals surface area contributed by atoms with Gasteiger partial charge in [0.15, 0.2) is 0 Å². The largest absolute Gasteiger partial charge is 0.422 e. The van der Waals surface area contributed by atoms with Crippen molar-refractivity contribution in [2.24, 2.45) is 0 Å². The van der Waals surface area contributed by atoms with Gasteiger partial charge >= 0.3 is 0 Å². The minimum atomic E-state index is 0.0413. The lowest BCUT2D eigenvalue weighted by Gasteiger charge is -1.87. The molecule has 0 aliphatic heterocycles. The van der Waals surface area contributed by atoms with Gasteiger partial charge in [0.1, 0.15) is 12.7 Å². The summed E-state index contributed by atoms with van der Waals surface area (Å²) in [6.45, 7) is 0.228. The van der Waals surface area contributed by atoms with Gasteiger partial charge in [0.05, 0.1) is 0 Å². The van der Waals surface area contributed by atoms with Gasteiger partial charge in [0, 0.05) is 7.11 Å². The molecular weight excluding hydrogens is 146 g/mol. The molecule has 5 nitrogen and oxygen atoms in total. The van der Waals surface area contributed by atoms with E-state index in [0.717, 1.165) is 0 Å². The fraction of sp³-hybridized carbons (Fsp3) is 0.333. The molecule has 0 aliphatic carbocycles. The number of nitriles is 1. The van der Waals surface area contributed by atoms with Crippen LogP contribution in [0.25, 0.3) is 0 Å². The summed E-state index contributed by atoms with van der Waals surface area (Å²) in [6.07, 6.45) is 0. The number of oxazole rings is 1. The maximum atomic E-state index is 8.41. The standard InChI is InChI=1S/C6H7N3O2/c1-10-3-5-9-4(2-7)6(8)11-5/h3,8H2,1H3. The Labute approximate surface area is 63.4 Å².